The van der Waals surface area contributed by atoms with Crippen molar-refractivity contribution in [1.29, 1.82) is 0 Å². The molecule has 0 aliphatic heterocycles. The van der Waals surface area contributed by atoms with Gasteiger partial charge in [0.15, 0.2) is 0 Å². The summed E-state index contributed by atoms with van der Waals surface area (Å²) in [5, 5.41) is 4.47. The molecule has 0 atom stereocenters. The molecule has 20 aromatic rings. The average molecular weight is 1470 g/mol. The van der Waals surface area contributed by atoms with Gasteiger partial charge in [0.25, 0.3) is 0 Å². The molecule has 2 heterocycles. The maximum atomic E-state index is 6.59. The first-order chi connectivity index (χ1) is 56.7. The van der Waals surface area contributed by atoms with Gasteiger partial charge >= 0.3 is 0 Å². The zero-order chi connectivity index (χ0) is 76.8. The van der Waals surface area contributed by atoms with E-state index < -0.39 is 0 Å². The van der Waals surface area contributed by atoms with Crippen molar-refractivity contribution in [1.82, 2.24) is 0 Å². The summed E-state index contributed by atoms with van der Waals surface area (Å²) in [6, 6.07) is 157. The SMILES string of the molecule is CC1(C)c2ccccc2-c2ccc(N(c3ccc(-c4ccccc4)cc3)c3ccc(-c4cc(-c5ccc(-c6ccccc6)cc5)c5oc6ccccc6c5c4)cc3)cc21.c1ccc(-c2ccc(-c3cc(-c4ccc(N(c5ccc(-c6ccccc6)cc5)c5ccc(-c6ccccc6)cc5)cc4)cc4c3oc3ccccc34)cc2)cc1. The lowest BCUT2D eigenvalue weighted by molar-refractivity contribution is 0.660. The van der Waals surface area contributed by atoms with Gasteiger partial charge in [-0.2, -0.15) is 0 Å². The van der Waals surface area contributed by atoms with Crippen LogP contribution in [0.25, 0.3) is 155 Å². The highest BCUT2D eigenvalue weighted by Gasteiger charge is 2.36. The fourth-order valence-corrected chi connectivity index (χ4v) is 17.0. The first kappa shape index (κ1) is 69.4. The zero-order valence-electron chi connectivity index (χ0n) is 63.8. The maximum Gasteiger partial charge on any atom is 0.143 e. The third kappa shape index (κ3) is 13.3. The van der Waals surface area contributed by atoms with Crippen molar-refractivity contribution >= 4 is 78.0 Å². The number of rotatable bonds is 15. The highest BCUT2D eigenvalue weighted by Crippen LogP contribution is 2.52. The Morgan fingerprint density at radius 1 is 0.174 bits per heavy atom. The first-order valence-corrected chi connectivity index (χ1v) is 39.5. The van der Waals surface area contributed by atoms with E-state index in [1.54, 1.807) is 0 Å². The summed E-state index contributed by atoms with van der Waals surface area (Å²) in [7, 11) is 0. The van der Waals surface area contributed by atoms with Crippen LogP contribution in [-0.4, -0.2) is 0 Å². The van der Waals surface area contributed by atoms with Gasteiger partial charge in [0.2, 0.25) is 0 Å². The van der Waals surface area contributed by atoms with E-state index >= 15 is 0 Å². The van der Waals surface area contributed by atoms with Crippen LogP contribution in [0.2, 0.25) is 0 Å². The number of nitrogens with zero attached hydrogens (tertiary/aromatic N) is 2. The van der Waals surface area contributed by atoms with E-state index in [-0.39, 0.29) is 5.41 Å². The molecular formula is C111H78N2O2. The highest BCUT2D eigenvalue weighted by atomic mass is 16.3. The average Bonchev–Trinajstić information content (AvgIpc) is 1.60. The summed E-state index contributed by atoms with van der Waals surface area (Å²) in [5.41, 5.74) is 36.5. The molecule has 0 saturated heterocycles. The van der Waals surface area contributed by atoms with Crippen molar-refractivity contribution < 1.29 is 8.83 Å². The van der Waals surface area contributed by atoms with Gasteiger partial charge in [-0.3, -0.25) is 0 Å². The molecule has 1 aliphatic carbocycles. The third-order valence-corrected chi connectivity index (χ3v) is 23.0. The van der Waals surface area contributed by atoms with Crippen LogP contribution >= 0.6 is 0 Å². The normalized spacial score (nSPS) is 12.0. The van der Waals surface area contributed by atoms with Crippen LogP contribution in [0.15, 0.2) is 446 Å². The maximum absolute atomic E-state index is 6.59. The Labute approximate surface area is 670 Å². The fraction of sp³-hybridized carbons (Fsp3) is 0.0270. The predicted molar refractivity (Wildman–Crippen MR) is 483 cm³/mol. The topological polar surface area (TPSA) is 32.8 Å². The lowest BCUT2D eigenvalue weighted by Gasteiger charge is -2.28. The molecular weight excluding hydrogens is 1390 g/mol. The Hall–Kier alpha value is -14.8. The molecule has 4 heteroatoms. The second-order valence-electron chi connectivity index (χ2n) is 30.3. The second kappa shape index (κ2) is 29.8. The lowest BCUT2D eigenvalue weighted by atomic mass is 9.82. The quantitative estimate of drug-likeness (QED) is 0.102. The first-order valence-electron chi connectivity index (χ1n) is 39.5. The van der Waals surface area contributed by atoms with Gasteiger partial charge in [-0.25, -0.2) is 0 Å². The minimum Gasteiger partial charge on any atom is -0.455 e. The monoisotopic (exact) mass is 1470 g/mol. The molecule has 4 nitrogen and oxygen atoms in total. The zero-order valence-corrected chi connectivity index (χ0v) is 63.8. The molecule has 544 valence electrons. The van der Waals surface area contributed by atoms with Crippen LogP contribution in [0.4, 0.5) is 34.1 Å². The van der Waals surface area contributed by atoms with Gasteiger partial charge in [0.1, 0.15) is 22.3 Å². The molecule has 2 aromatic heterocycles. The van der Waals surface area contributed by atoms with Gasteiger partial charge < -0.3 is 18.6 Å². The van der Waals surface area contributed by atoms with E-state index in [1.807, 2.05) is 12.1 Å². The van der Waals surface area contributed by atoms with Crippen LogP contribution in [-0.2, 0) is 5.41 Å². The molecule has 115 heavy (non-hydrogen) atoms. The minimum atomic E-state index is -0.107. The second-order valence-corrected chi connectivity index (χ2v) is 30.3. The molecule has 0 unspecified atom stereocenters. The van der Waals surface area contributed by atoms with Crippen LogP contribution in [0, 0.1) is 0 Å². The van der Waals surface area contributed by atoms with Crippen LogP contribution < -0.4 is 9.80 Å². The number of hydrogen-bond acceptors (Lipinski definition) is 4. The Bertz CT molecular complexity index is 6800. The number of benzene rings is 18. The van der Waals surface area contributed by atoms with Crippen molar-refractivity contribution in [3.63, 3.8) is 0 Å². The molecule has 0 fully saturated rings. The number of furan rings is 2. The number of para-hydroxylation sites is 2. The Morgan fingerprint density at radius 3 is 0.774 bits per heavy atom. The Kier molecular flexibility index (Phi) is 18.0. The van der Waals surface area contributed by atoms with Gasteiger partial charge in [-0.05, 0) is 220 Å². The van der Waals surface area contributed by atoms with E-state index in [0.29, 0.717) is 0 Å². The van der Waals surface area contributed by atoms with Gasteiger partial charge in [-0.1, -0.05) is 341 Å². The van der Waals surface area contributed by atoms with Crippen LogP contribution in [0.5, 0.6) is 0 Å². The molecule has 0 amide bonds. The van der Waals surface area contributed by atoms with E-state index in [4.69, 9.17) is 8.83 Å². The summed E-state index contributed by atoms with van der Waals surface area (Å²) in [4.78, 5) is 4.73. The lowest BCUT2D eigenvalue weighted by Crippen LogP contribution is -2.16. The van der Waals surface area contributed by atoms with Crippen LogP contribution in [0.3, 0.4) is 0 Å². The molecule has 0 spiro atoms. The number of anilines is 6. The molecule has 0 saturated carbocycles. The van der Waals surface area contributed by atoms with Gasteiger partial charge in [0.05, 0.1) is 0 Å². The number of fused-ring (bicyclic) bond motifs is 9. The van der Waals surface area contributed by atoms with E-state index in [2.05, 4.69) is 448 Å². The van der Waals surface area contributed by atoms with Gasteiger partial charge in [0, 0.05) is 72.2 Å². The largest absolute Gasteiger partial charge is 0.455 e. The molecule has 0 N–H and O–H groups in total. The van der Waals surface area contributed by atoms with Crippen molar-refractivity contribution in [3.8, 4) is 111 Å². The molecule has 0 bridgehead atoms. The fourth-order valence-electron chi connectivity index (χ4n) is 17.0. The smallest absolute Gasteiger partial charge is 0.143 e. The highest BCUT2D eigenvalue weighted by molar-refractivity contribution is 6.13. The molecule has 18 aromatic carbocycles. The van der Waals surface area contributed by atoms with E-state index in [0.717, 1.165) is 123 Å². The standard InChI is InChI=1S/C57H41NO.C54H37NO/c1-57(2)53-19-11-9-17-48(53)49-34-33-47(37-54(49)57)58(45-29-25-41(26-30-45)39-15-7-4-8-16-39)46-31-27-42(28-32-46)44-35-51(56-52(36-44)50-18-10-12-20-55(50)59-56)43-23-21-40(22-24-43)38-13-5-3-6-14-38;1-4-12-38(13-5-1)41-20-22-45(23-21-41)51-36-46(37-52-50-18-10-11-19-53(50)56-54(51)52)44-28-34-49(35-29-44)55(47-30-24-42(25-31-47)39-14-6-2-7-15-39)48-32-26-43(27-33-48)40-16-8-3-9-17-40/h3-37H,1-2H3;1-37H. The Morgan fingerprint density at radius 2 is 0.426 bits per heavy atom. The summed E-state index contributed by atoms with van der Waals surface area (Å²) < 4.78 is 13.1. The summed E-state index contributed by atoms with van der Waals surface area (Å²) in [6.45, 7) is 4.70. The Balaban J connectivity index is 0.000000149. The predicted octanol–water partition coefficient (Wildman–Crippen LogP) is 31.4. The minimum absolute atomic E-state index is 0.107. The molecule has 0 radical (unpaired) electrons. The number of hydrogen-bond donors (Lipinski definition) is 0. The van der Waals surface area contributed by atoms with Crippen molar-refractivity contribution in [2.24, 2.45) is 0 Å². The van der Waals surface area contributed by atoms with E-state index in [1.165, 1.54) is 77.9 Å². The summed E-state index contributed by atoms with van der Waals surface area (Å²) >= 11 is 0. The molecule has 21 rings (SSSR count). The van der Waals surface area contributed by atoms with Crippen LogP contribution in [0.1, 0.15) is 25.0 Å². The van der Waals surface area contributed by atoms with Gasteiger partial charge in [-0.15, -0.1) is 0 Å². The molecule has 1 aliphatic rings. The third-order valence-electron chi connectivity index (χ3n) is 23.0. The van der Waals surface area contributed by atoms with Crippen molar-refractivity contribution in [2.75, 3.05) is 9.80 Å². The van der Waals surface area contributed by atoms with Crippen molar-refractivity contribution in [2.45, 2.75) is 19.3 Å². The summed E-state index contributed by atoms with van der Waals surface area (Å²) in [6.07, 6.45) is 0. The summed E-state index contributed by atoms with van der Waals surface area (Å²) in [5.74, 6) is 0. The van der Waals surface area contributed by atoms with E-state index in [9.17, 15) is 0 Å². The van der Waals surface area contributed by atoms with Crippen molar-refractivity contribution in [3.05, 3.63) is 448 Å².